The second-order valence-electron chi connectivity index (χ2n) is 3.32. The van der Waals surface area contributed by atoms with Gasteiger partial charge >= 0.3 is 5.97 Å². The van der Waals surface area contributed by atoms with Crippen LogP contribution in [-0.2, 0) is 9.53 Å². The van der Waals surface area contributed by atoms with Gasteiger partial charge in [-0.15, -0.1) is 0 Å². The first-order valence-corrected chi connectivity index (χ1v) is 4.80. The Morgan fingerprint density at radius 1 is 1.50 bits per heavy atom. The second-order valence-corrected chi connectivity index (χ2v) is 3.32. The van der Waals surface area contributed by atoms with Crippen LogP contribution in [0.2, 0.25) is 0 Å². The number of carbonyl (C=O) groups is 1. The lowest BCUT2D eigenvalue weighted by atomic mass is 10.1. The van der Waals surface area contributed by atoms with Gasteiger partial charge in [0.15, 0.2) is 11.6 Å². The number of esters is 1. The molecule has 0 fully saturated rings. The van der Waals surface area contributed by atoms with Crippen LogP contribution in [0.15, 0.2) is 18.2 Å². The molecule has 0 spiro atoms. The van der Waals surface area contributed by atoms with E-state index in [1.54, 1.807) is 6.92 Å². The van der Waals surface area contributed by atoms with E-state index >= 15 is 0 Å². The molecule has 16 heavy (non-hydrogen) atoms. The molecule has 1 unspecified atom stereocenters. The highest BCUT2D eigenvalue weighted by Gasteiger charge is 2.14. The van der Waals surface area contributed by atoms with E-state index in [1.807, 2.05) is 0 Å². The van der Waals surface area contributed by atoms with Gasteiger partial charge in [-0.05, 0) is 13.0 Å². The fourth-order valence-electron chi connectivity index (χ4n) is 1.27. The molecule has 1 atom stereocenters. The van der Waals surface area contributed by atoms with Crippen molar-refractivity contribution in [2.45, 2.75) is 13.0 Å². The van der Waals surface area contributed by atoms with Gasteiger partial charge in [0, 0.05) is 11.6 Å². The van der Waals surface area contributed by atoms with Crippen molar-refractivity contribution in [1.82, 2.24) is 5.32 Å². The van der Waals surface area contributed by atoms with Crippen molar-refractivity contribution in [1.29, 1.82) is 0 Å². The average molecular weight is 229 g/mol. The summed E-state index contributed by atoms with van der Waals surface area (Å²) in [6.07, 6.45) is 0. The van der Waals surface area contributed by atoms with Gasteiger partial charge in [-0.25, -0.2) is 8.78 Å². The van der Waals surface area contributed by atoms with Crippen LogP contribution in [0.4, 0.5) is 8.78 Å². The summed E-state index contributed by atoms with van der Waals surface area (Å²) in [5, 5.41) is 2.74. The third kappa shape index (κ3) is 3.00. The summed E-state index contributed by atoms with van der Waals surface area (Å²) in [6.45, 7) is 1.59. The minimum atomic E-state index is -0.899. The summed E-state index contributed by atoms with van der Waals surface area (Å²) in [6, 6.07) is 3.47. The molecule has 0 aliphatic rings. The molecule has 3 nitrogen and oxygen atoms in total. The van der Waals surface area contributed by atoms with Crippen LogP contribution >= 0.6 is 0 Å². The highest BCUT2D eigenvalue weighted by atomic mass is 19.2. The topological polar surface area (TPSA) is 38.3 Å². The molecule has 1 N–H and O–H groups in total. The lowest BCUT2D eigenvalue weighted by Gasteiger charge is -2.14. The maximum atomic E-state index is 13.3. The largest absolute Gasteiger partial charge is 0.468 e. The molecular formula is C11H13F2NO2. The molecule has 0 aliphatic carbocycles. The quantitative estimate of drug-likeness (QED) is 0.800. The highest BCUT2D eigenvalue weighted by Crippen LogP contribution is 2.18. The van der Waals surface area contributed by atoms with Crippen LogP contribution in [0.5, 0.6) is 0 Å². The molecule has 0 heterocycles. The lowest BCUT2D eigenvalue weighted by Crippen LogP contribution is -2.27. The Hall–Kier alpha value is -1.49. The zero-order valence-electron chi connectivity index (χ0n) is 9.09. The van der Waals surface area contributed by atoms with E-state index in [2.05, 4.69) is 10.1 Å². The summed E-state index contributed by atoms with van der Waals surface area (Å²) in [7, 11) is 1.26. The van der Waals surface area contributed by atoms with Gasteiger partial charge in [0.05, 0.1) is 13.7 Å². The number of hydrogen-bond acceptors (Lipinski definition) is 3. The zero-order chi connectivity index (χ0) is 12.1. The molecule has 1 aromatic carbocycles. The molecule has 0 saturated carbocycles. The molecule has 88 valence electrons. The van der Waals surface area contributed by atoms with Gasteiger partial charge in [-0.2, -0.15) is 0 Å². The van der Waals surface area contributed by atoms with Crippen molar-refractivity contribution < 1.29 is 18.3 Å². The minimum absolute atomic E-state index is 0.0480. The number of nitrogens with one attached hydrogen (secondary N) is 1. The standard InChI is InChI=1S/C11H13F2NO2/c1-7(14-6-10(15)16-2)8-4-3-5-9(12)11(8)13/h3-5,7,14H,6H2,1-2H3. The average Bonchev–Trinajstić information content (AvgIpc) is 2.29. The summed E-state index contributed by atoms with van der Waals surface area (Å²) in [5.74, 6) is -2.25. The fourth-order valence-corrected chi connectivity index (χ4v) is 1.27. The van der Waals surface area contributed by atoms with Gasteiger partial charge in [-0.3, -0.25) is 4.79 Å². The second kappa shape index (κ2) is 5.55. The summed E-state index contributed by atoms with van der Waals surface area (Å²) >= 11 is 0. The molecular weight excluding hydrogens is 216 g/mol. The summed E-state index contributed by atoms with van der Waals surface area (Å²) in [4.78, 5) is 10.8. The van der Waals surface area contributed by atoms with E-state index < -0.39 is 23.6 Å². The molecule has 1 aromatic rings. The van der Waals surface area contributed by atoms with Crippen LogP contribution < -0.4 is 5.32 Å². The maximum absolute atomic E-state index is 13.3. The number of rotatable bonds is 4. The van der Waals surface area contributed by atoms with Crippen molar-refractivity contribution >= 4 is 5.97 Å². The van der Waals surface area contributed by atoms with E-state index in [4.69, 9.17) is 0 Å². The maximum Gasteiger partial charge on any atom is 0.319 e. The molecule has 1 rings (SSSR count). The Bertz CT molecular complexity index is 382. The number of hydrogen-bond donors (Lipinski definition) is 1. The van der Waals surface area contributed by atoms with Crippen molar-refractivity contribution in [2.24, 2.45) is 0 Å². The number of ether oxygens (including phenoxy) is 1. The van der Waals surface area contributed by atoms with Crippen LogP contribution in [0, 0.1) is 11.6 Å². The predicted molar refractivity (Wildman–Crippen MR) is 54.8 cm³/mol. The van der Waals surface area contributed by atoms with Crippen molar-refractivity contribution in [3.8, 4) is 0 Å². The van der Waals surface area contributed by atoms with Crippen LogP contribution in [0.25, 0.3) is 0 Å². The number of carbonyl (C=O) groups excluding carboxylic acids is 1. The highest BCUT2D eigenvalue weighted by molar-refractivity contribution is 5.71. The first kappa shape index (κ1) is 12.6. The number of methoxy groups -OCH3 is 1. The Morgan fingerprint density at radius 3 is 2.81 bits per heavy atom. The third-order valence-corrected chi connectivity index (χ3v) is 2.23. The van der Waals surface area contributed by atoms with E-state index in [-0.39, 0.29) is 12.1 Å². The first-order chi connectivity index (χ1) is 7.56. The SMILES string of the molecule is COC(=O)CNC(C)c1cccc(F)c1F. The smallest absolute Gasteiger partial charge is 0.319 e. The van der Waals surface area contributed by atoms with E-state index in [1.165, 1.54) is 19.2 Å². The monoisotopic (exact) mass is 229 g/mol. The van der Waals surface area contributed by atoms with Gasteiger partial charge < -0.3 is 10.1 Å². The summed E-state index contributed by atoms with van der Waals surface area (Å²) in [5.41, 5.74) is 0.184. The van der Waals surface area contributed by atoms with Gasteiger partial charge in [0.1, 0.15) is 0 Å². The normalized spacial score (nSPS) is 12.2. The predicted octanol–water partition coefficient (Wildman–Crippen LogP) is 1.79. The summed E-state index contributed by atoms with van der Waals surface area (Å²) < 4.78 is 30.7. The van der Waals surface area contributed by atoms with E-state index in [0.29, 0.717) is 0 Å². The first-order valence-electron chi connectivity index (χ1n) is 4.80. The van der Waals surface area contributed by atoms with Gasteiger partial charge in [0.25, 0.3) is 0 Å². The minimum Gasteiger partial charge on any atom is -0.468 e. The fraction of sp³-hybridized carbons (Fsp3) is 0.364. The third-order valence-electron chi connectivity index (χ3n) is 2.23. The molecule has 0 aromatic heterocycles. The van der Waals surface area contributed by atoms with E-state index in [9.17, 15) is 13.6 Å². The zero-order valence-corrected chi connectivity index (χ0v) is 9.09. The molecule has 0 bridgehead atoms. The number of halogens is 2. The van der Waals surface area contributed by atoms with Gasteiger partial charge in [-0.1, -0.05) is 12.1 Å². The molecule has 0 radical (unpaired) electrons. The van der Waals surface area contributed by atoms with Crippen molar-refractivity contribution in [2.75, 3.05) is 13.7 Å². The molecule has 5 heteroatoms. The Kier molecular flexibility index (Phi) is 4.37. The molecule has 0 amide bonds. The van der Waals surface area contributed by atoms with Crippen LogP contribution in [0.1, 0.15) is 18.5 Å². The Balaban J connectivity index is 2.69. The Morgan fingerprint density at radius 2 is 2.19 bits per heavy atom. The molecule has 0 aliphatic heterocycles. The van der Waals surface area contributed by atoms with Gasteiger partial charge in [0.2, 0.25) is 0 Å². The Labute approximate surface area is 92.4 Å². The molecule has 0 saturated heterocycles. The van der Waals surface area contributed by atoms with Crippen molar-refractivity contribution in [3.05, 3.63) is 35.4 Å². The lowest BCUT2D eigenvalue weighted by molar-refractivity contribution is -0.139. The number of benzene rings is 1. The van der Waals surface area contributed by atoms with Crippen LogP contribution in [-0.4, -0.2) is 19.6 Å². The van der Waals surface area contributed by atoms with E-state index in [0.717, 1.165) is 6.07 Å². The van der Waals surface area contributed by atoms with Crippen molar-refractivity contribution in [3.63, 3.8) is 0 Å². The van der Waals surface area contributed by atoms with Crippen LogP contribution in [0.3, 0.4) is 0 Å².